The van der Waals surface area contributed by atoms with Gasteiger partial charge in [-0.3, -0.25) is 18.5 Å². The minimum absolute atomic E-state index is 0.00375. The maximum Gasteiger partial charge on any atom is 0.338 e. The lowest BCUT2D eigenvalue weighted by molar-refractivity contribution is 0.0525. The predicted octanol–water partition coefficient (Wildman–Crippen LogP) is 1.73. The van der Waals surface area contributed by atoms with Gasteiger partial charge in [0.05, 0.1) is 25.3 Å². The first kappa shape index (κ1) is 25.5. The van der Waals surface area contributed by atoms with Gasteiger partial charge in [0.2, 0.25) is 5.95 Å². The Bertz CT molecular complexity index is 1490. The summed E-state index contributed by atoms with van der Waals surface area (Å²) in [7, 11) is 1.57. The highest BCUT2D eigenvalue weighted by molar-refractivity contribution is 6.31. The standard InChI is InChI=1S/C25H29ClN6O4/c1-4-6-12-31-20-21(28-24(31)30-11-7-8-18(27)15-30)29(3)25(35)32(22(20)33)14-16-9-10-17(26)13-19(16)23(34)36-5-2/h9-10,13,18H,5,7-8,11-12,14-15,27H2,1-3H3/t18-/m1/s1. The molecule has 1 aliphatic heterocycles. The number of nitrogens with zero attached hydrogens (tertiary/aromatic N) is 5. The molecule has 0 saturated carbocycles. The highest BCUT2D eigenvalue weighted by Gasteiger charge is 2.26. The fourth-order valence-corrected chi connectivity index (χ4v) is 4.67. The molecule has 36 heavy (non-hydrogen) atoms. The number of hydrogen-bond donors (Lipinski definition) is 1. The van der Waals surface area contributed by atoms with Crippen molar-refractivity contribution in [2.24, 2.45) is 12.8 Å². The molecule has 11 heteroatoms. The van der Waals surface area contributed by atoms with Crippen LogP contribution in [0.4, 0.5) is 5.95 Å². The van der Waals surface area contributed by atoms with Gasteiger partial charge in [-0.25, -0.2) is 9.59 Å². The van der Waals surface area contributed by atoms with Gasteiger partial charge in [0.1, 0.15) is 0 Å². The Morgan fingerprint density at radius 2 is 2.08 bits per heavy atom. The van der Waals surface area contributed by atoms with E-state index < -0.39 is 17.2 Å². The summed E-state index contributed by atoms with van der Waals surface area (Å²) < 4.78 is 9.33. The number of imidazole rings is 1. The van der Waals surface area contributed by atoms with E-state index in [0.29, 0.717) is 23.1 Å². The first-order valence-electron chi connectivity index (χ1n) is 11.8. The van der Waals surface area contributed by atoms with Gasteiger partial charge in [0, 0.05) is 31.2 Å². The maximum absolute atomic E-state index is 13.8. The Morgan fingerprint density at radius 3 is 2.78 bits per heavy atom. The van der Waals surface area contributed by atoms with Crippen LogP contribution in [0.5, 0.6) is 0 Å². The summed E-state index contributed by atoms with van der Waals surface area (Å²) in [6.45, 7) is 5.03. The van der Waals surface area contributed by atoms with E-state index in [1.807, 2.05) is 4.90 Å². The molecule has 0 spiro atoms. The highest BCUT2D eigenvalue weighted by Crippen LogP contribution is 2.23. The number of aromatic nitrogens is 4. The van der Waals surface area contributed by atoms with Crippen LogP contribution >= 0.6 is 11.6 Å². The summed E-state index contributed by atoms with van der Waals surface area (Å²) in [5.41, 5.74) is 6.31. The van der Waals surface area contributed by atoms with Crippen LogP contribution in [-0.4, -0.2) is 50.4 Å². The molecule has 3 heterocycles. The summed E-state index contributed by atoms with van der Waals surface area (Å²) in [4.78, 5) is 46.4. The van der Waals surface area contributed by atoms with Gasteiger partial charge >= 0.3 is 11.7 Å². The second-order valence-electron chi connectivity index (χ2n) is 8.70. The lowest BCUT2D eigenvalue weighted by atomic mass is 10.1. The number of carbonyl (C=O) groups excluding carboxylic acids is 1. The zero-order chi connectivity index (χ0) is 26.0. The Morgan fingerprint density at radius 1 is 1.31 bits per heavy atom. The minimum Gasteiger partial charge on any atom is -0.462 e. The average molecular weight is 513 g/mol. The number of piperidine rings is 1. The minimum atomic E-state index is -0.576. The lowest BCUT2D eigenvalue weighted by Crippen LogP contribution is -2.44. The molecule has 0 bridgehead atoms. The van der Waals surface area contributed by atoms with E-state index in [1.165, 1.54) is 10.6 Å². The van der Waals surface area contributed by atoms with Gasteiger partial charge in [-0.05, 0) is 44.4 Å². The summed E-state index contributed by atoms with van der Waals surface area (Å²) in [6.07, 6.45) is 1.82. The topological polar surface area (TPSA) is 117 Å². The van der Waals surface area contributed by atoms with Crippen LogP contribution in [0.3, 0.4) is 0 Å². The molecule has 1 atom stereocenters. The van der Waals surface area contributed by atoms with Crippen LogP contribution in [-0.2, 0) is 24.9 Å². The van der Waals surface area contributed by atoms with Crippen molar-refractivity contribution in [3.05, 3.63) is 55.2 Å². The number of aryl methyl sites for hydroxylation is 1. The average Bonchev–Trinajstić information content (AvgIpc) is 3.24. The van der Waals surface area contributed by atoms with Gasteiger partial charge in [-0.15, -0.1) is 5.92 Å². The summed E-state index contributed by atoms with van der Waals surface area (Å²) in [5.74, 6) is 5.86. The fourth-order valence-electron chi connectivity index (χ4n) is 4.50. The quantitative estimate of drug-likeness (QED) is 0.394. The third-order valence-electron chi connectivity index (χ3n) is 6.26. The van der Waals surface area contributed by atoms with Crippen molar-refractivity contribution >= 4 is 34.7 Å². The molecular weight excluding hydrogens is 484 g/mol. The van der Waals surface area contributed by atoms with Crippen molar-refractivity contribution in [2.45, 2.75) is 45.8 Å². The monoisotopic (exact) mass is 512 g/mol. The van der Waals surface area contributed by atoms with Crippen molar-refractivity contribution in [2.75, 3.05) is 24.6 Å². The molecule has 0 radical (unpaired) electrons. The van der Waals surface area contributed by atoms with Gasteiger partial charge in [-0.1, -0.05) is 23.6 Å². The Balaban J connectivity index is 1.91. The van der Waals surface area contributed by atoms with Crippen LogP contribution in [0.1, 0.15) is 42.6 Å². The van der Waals surface area contributed by atoms with E-state index in [1.54, 1.807) is 37.6 Å². The van der Waals surface area contributed by atoms with Gasteiger partial charge in [0.25, 0.3) is 5.56 Å². The zero-order valence-electron chi connectivity index (χ0n) is 20.6. The number of hydrogen-bond acceptors (Lipinski definition) is 7. The van der Waals surface area contributed by atoms with E-state index in [4.69, 9.17) is 27.1 Å². The van der Waals surface area contributed by atoms with E-state index in [9.17, 15) is 14.4 Å². The smallest absolute Gasteiger partial charge is 0.338 e. The second kappa shape index (κ2) is 10.6. The number of esters is 1. The third-order valence-corrected chi connectivity index (χ3v) is 6.50. The summed E-state index contributed by atoms with van der Waals surface area (Å²) >= 11 is 6.11. The number of nitrogens with two attached hydrogens (primary N) is 1. The number of halogens is 1. The molecule has 190 valence electrons. The van der Waals surface area contributed by atoms with Crippen LogP contribution in [0.25, 0.3) is 11.2 Å². The van der Waals surface area contributed by atoms with Crippen molar-refractivity contribution < 1.29 is 9.53 Å². The Labute approximate surface area is 213 Å². The van der Waals surface area contributed by atoms with Crippen LogP contribution in [0.2, 0.25) is 5.02 Å². The van der Waals surface area contributed by atoms with Gasteiger partial charge in [-0.2, -0.15) is 4.98 Å². The zero-order valence-corrected chi connectivity index (χ0v) is 21.3. The van der Waals surface area contributed by atoms with Crippen LogP contribution < -0.4 is 21.9 Å². The molecule has 1 saturated heterocycles. The molecule has 0 unspecified atom stereocenters. The Hall–Kier alpha value is -3.55. The van der Waals surface area contributed by atoms with Crippen molar-refractivity contribution in [3.8, 4) is 11.8 Å². The normalized spacial score (nSPS) is 15.6. The lowest BCUT2D eigenvalue weighted by Gasteiger charge is -2.31. The van der Waals surface area contributed by atoms with Gasteiger partial charge < -0.3 is 15.4 Å². The van der Waals surface area contributed by atoms with Crippen LogP contribution in [0.15, 0.2) is 27.8 Å². The largest absolute Gasteiger partial charge is 0.462 e. The summed E-state index contributed by atoms with van der Waals surface area (Å²) in [5, 5.41) is 0.345. The number of anilines is 1. The van der Waals surface area contributed by atoms with Crippen molar-refractivity contribution in [1.82, 2.24) is 18.7 Å². The molecule has 4 rings (SSSR count). The number of carbonyl (C=O) groups is 1. The first-order chi connectivity index (χ1) is 17.3. The van der Waals surface area contributed by atoms with Gasteiger partial charge in [0.15, 0.2) is 11.2 Å². The first-order valence-corrected chi connectivity index (χ1v) is 12.2. The molecule has 10 nitrogen and oxygen atoms in total. The van der Waals surface area contributed by atoms with E-state index in [2.05, 4.69) is 11.8 Å². The molecular formula is C25H29ClN6O4. The molecule has 2 aromatic heterocycles. The molecule has 0 aliphatic carbocycles. The fraction of sp³-hybridized carbons (Fsp3) is 0.440. The highest BCUT2D eigenvalue weighted by atomic mass is 35.5. The number of rotatable bonds is 6. The van der Waals surface area contributed by atoms with Crippen molar-refractivity contribution in [3.63, 3.8) is 0 Å². The SMILES string of the molecule is CC#CCn1c(N2CCC[C@@H](N)C2)nc2c1c(=O)n(Cc1ccc(Cl)cc1C(=O)OCC)c(=O)n2C. The third kappa shape index (κ3) is 4.76. The molecule has 3 aromatic rings. The molecule has 1 fully saturated rings. The molecule has 1 aromatic carbocycles. The van der Waals surface area contributed by atoms with Crippen LogP contribution in [0, 0.1) is 11.8 Å². The number of benzene rings is 1. The molecule has 0 amide bonds. The maximum atomic E-state index is 13.8. The number of fused-ring (bicyclic) bond motifs is 1. The Kier molecular flexibility index (Phi) is 7.52. The van der Waals surface area contributed by atoms with Crippen molar-refractivity contribution in [1.29, 1.82) is 0 Å². The predicted molar refractivity (Wildman–Crippen MR) is 139 cm³/mol. The molecule has 1 aliphatic rings. The van der Waals surface area contributed by atoms with E-state index in [0.717, 1.165) is 24.0 Å². The number of ether oxygens (including phenoxy) is 1. The second-order valence-corrected chi connectivity index (χ2v) is 9.14. The van der Waals surface area contributed by atoms with E-state index >= 15 is 0 Å². The summed E-state index contributed by atoms with van der Waals surface area (Å²) in [6, 6.07) is 4.69. The molecule has 2 N–H and O–H groups in total. The van der Waals surface area contributed by atoms with E-state index in [-0.39, 0.29) is 42.5 Å².